The van der Waals surface area contributed by atoms with Crippen LogP contribution in [0.5, 0.6) is 0 Å². The topological polar surface area (TPSA) is 167 Å². The van der Waals surface area contributed by atoms with Gasteiger partial charge in [0.15, 0.2) is 0 Å². The Morgan fingerprint density at radius 3 is 2.04 bits per heavy atom. The lowest BCUT2D eigenvalue weighted by Crippen LogP contribution is -2.60. The molecule has 0 aromatic heterocycles. The highest BCUT2D eigenvalue weighted by atomic mass is 32.2. The van der Waals surface area contributed by atoms with E-state index in [0.29, 0.717) is 16.7 Å². The predicted octanol–water partition coefficient (Wildman–Crippen LogP) is 3.22. The molecule has 1 unspecified atom stereocenters. The Morgan fingerprint density at radius 2 is 1.51 bits per heavy atom. The van der Waals surface area contributed by atoms with Gasteiger partial charge in [-0.1, -0.05) is 42.5 Å². The fraction of sp³-hybridized carbons (Fsp3) is 0.500. The number of hydrogen-bond donors (Lipinski definition) is 3. The normalized spacial score (nSPS) is 13.9. The molecule has 45 heavy (non-hydrogen) atoms. The van der Waals surface area contributed by atoms with Crippen LogP contribution in [0.25, 0.3) is 0 Å². The molecule has 3 amide bonds. The summed E-state index contributed by atoms with van der Waals surface area (Å²) in [6.45, 7) is 11.8. The van der Waals surface area contributed by atoms with E-state index in [-0.39, 0.29) is 18.8 Å². The molecular weight excluding hydrogens is 598 g/mol. The van der Waals surface area contributed by atoms with E-state index < -0.39 is 57.3 Å². The minimum absolute atomic E-state index is 0.0732. The Kier molecular flexibility index (Phi) is 13.1. The standard InChI is InChI=1S/C32H45N5O7S/c1-22(43-31(2,3)4)27(36-45(41,42)21-25-12-10-9-11-13-25)29(39)35-26(20-37(8)30(40)44-32(5,6)7)28(38)34-19-24-16-14-23(18-33)15-17-24/h9-17,22,26-27,36H,19-21H2,1-8H3,(H,34,38)(H,35,39)/t22?,26-,27+/m0/s1. The zero-order valence-corrected chi connectivity index (χ0v) is 28.0. The lowest BCUT2D eigenvalue weighted by molar-refractivity contribution is -0.135. The zero-order valence-electron chi connectivity index (χ0n) is 27.2. The molecule has 0 saturated carbocycles. The fourth-order valence-electron chi connectivity index (χ4n) is 4.17. The van der Waals surface area contributed by atoms with Crippen LogP contribution in [-0.4, -0.2) is 74.2 Å². The number of ether oxygens (including phenoxy) is 2. The molecule has 246 valence electrons. The summed E-state index contributed by atoms with van der Waals surface area (Å²) in [7, 11) is -2.62. The summed E-state index contributed by atoms with van der Waals surface area (Å²) >= 11 is 0. The fourth-order valence-corrected chi connectivity index (χ4v) is 5.57. The maximum Gasteiger partial charge on any atom is 0.410 e. The first kappa shape index (κ1) is 37.2. The third-order valence-electron chi connectivity index (χ3n) is 6.14. The second-order valence-corrected chi connectivity index (χ2v) is 14.5. The van der Waals surface area contributed by atoms with Crippen LogP contribution in [0.15, 0.2) is 54.6 Å². The molecule has 2 aromatic rings. The quantitative estimate of drug-likeness (QED) is 0.299. The smallest absolute Gasteiger partial charge is 0.410 e. The van der Waals surface area contributed by atoms with Crippen LogP contribution in [-0.2, 0) is 41.4 Å². The maximum atomic E-state index is 13.8. The summed E-state index contributed by atoms with van der Waals surface area (Å²) in [4.78, 5) is 41.1. The van der Waals surface area contributed by atoms with Crippen LogP contribution in [0.4, 0.5) is 4.79 Å². The summed E-state index contributed by atoms with van der Waals surface area (Å²) in [5, 5.41) is 14.4. The summed E-state index contributed by atoms with van der Waals surface area (Å²) in [5.41, 5.74) is 0.155. The highest BCUT2D eigenvalue weighted by Crippen LogP contribution is 2.16. The van der Waals surface area contributed by atoms with Crippen LogP contribution in [0, 0.1) is 11.3 Å². The Labute approximate surface area is 266 Å². The molecule has 0 saturated heterocycles. The van der Waals surface area contributed by atoms with Gasteiger partial charge in [-0.15, -0.1) is 0 Å². The third-order valence-corrected chi connectivity index (χ3v) is 7.47. The van der Waals surface area contributed by atoms with Gasteiger partial charge in [-0.25, -0.2) is 13.2 Å². The van der Waals surface area contributed by atoms with Gasteiger partial charge < -0.3 is 25.0 Å². The minimum Gasteiger partial charge on any atom is -0.444 e. The van der Waals surface area contributed by atoms with Crippen molar-refractivity contribution in [3.8, 4) is 6.07 Å². The van der Waals surface area contributed by atoms with Gasteiger partial charge in [0.05, 0.1) is 35.6 Å². The Bertz CT molecular complexity index is 1440. The van der Waals surface area contributed by atoms with Crippen LogP contribution < -0.4 is 15.4 Å². The van der Waals surface area contributed by atoms with E-state index in [1.54, 1.807) is 103 Å². The van der Waals surface area contributed by atoms with Gasteiger partial charge in [-0.05, 0) is 71.7 Å². The van der Waals surface area contributed by atoms with Crippen molar-refractivity contribution in [3.05, 3.63) is 71.3 Å². The molecule has 2 rings (SSSR count). The monoisotopic (exact) mass is 643 g/mol. The second-order valence-electron chi connectivity index (χ2n) is 12.7. The number of nitrogens with one attached hydrogen (secondary N) is 3. The molecule has 0 bridgehead atoms. The number of likely N-dealkylation sites (N-methyl/N-ethyl adjacent to an activating group) is 1. The lowest BCUT2D eigenvalue weighted by atomic mass is 10.1. The van der Waals surface area contributed by atoms with Crippen molar-refractivity contribution in [1.82, 2.24) is 20.3 Å². The number of nitriles is 1. The van der Waals surface area contributed by atoms with Crippen molar-refractivity contribution in [2.75, 3.05) is 13.6 Å². The van der Waals surface area contributed by atoms with Crippen molar-refractivity contribution in [2.24, 2.45) is 0 Å². The third kappa shape index (κ3) is 13.7. The maximum absolute atomic E-state index is 13.8. The number of hydrogen-bond acceptors (Lipinski definition) is 8. The molecule has 0 spiro atoms. The van der Waals surface area contributed by atoms with Crippen molar-refractivity contribution in [1.29, 1.82) is 5.26 Å². The molecule has 13 heteroatoms. The minimum atomic E-state index is -4.04. The Hall–Kier alpha value is -3.99. The average molecular weight is 644 g/mol. The second kappa shape index (κ2) is 15.8. The predicted molar refractivity (Wildman–Crippen MR) is 170 cm³/mol. The van der Waals surface area contributed by atoms with Crippen molar-refractivity contribution >= 4 is 27.9 Å². The molecule has 3 N–H and O–H groups in total. The highest BCUT2D eigenvalue weighted by Gasteiger charge is 2.36. The van der Waals surface area contributed by atoms with E-state index in [0.717, 1.165) is 4.90 Å². The van der Waals surface area contributed by atoms with E-state index in [4.69, 9.17) is 14.7 Å². The molecule has 0 aliphatic rings. The molecule has 0 fully saturated rings. The number of rotatable bonds is 13. The van der Waals surface area contributed by atoms with Crippen LogP contribution in [0.1, 0.15) is 65.2 Å². The van der Waals surface area contributed by atoms with E-state index in [2.05, 4.69) is 15.4 Å². The van der Waals surface area contributed by atoms with Gasteiger partial charge in [0.2, 0.25) is 21.8 Å². The molecule has 0 aliphatic heterocycles. The Morgan fingerprint density at radius 1 is 0.911 bits per heavy atom. The van der Waals surface area contributed by atoms with E-state index in [1.807, 2.05) is 6.07 Å². The summed E-state index contributed by atoms with van der Waals surface area (Å²) < 4.78 is 40.2. The summed E-state index contributed by atoms with van der Waals surface area (Å²) in [5.74, 6) is -1.83. The van der Waals surface area contributed by atoms with E-state index in [9.17, 15) is 22.8 Å². The van der Waals surface area contributed by atoms with E-state index >= 15 is 0 Å². The molecule has 12 nitrogen and oxygen atoms in total. The molecule has 0 radical (unpaired) electrons. The van der Waals surface area contributed by atoms with Crippen LogP contribution >= 0.6 is 0 Å². The first-order valence-electron chi connectivity index (χ1n) is 14.5. The molecular formula is C32H45N5O7S. The highest BCUT2D eigenvalue weighted by molar-refractivity contribution is 7.88. The van der Waals surface area contributed by atoms with Gasteiger partial charge in [0, 0.05) is 13.6 Å². The van der Waals surface area contributed by atoms with Gasteiger partial charge in [0.25, 0.3) is 0 Å². The lowest BCUT2D eigenvalue weighted by Gasteiger charge is -2.32. The number of benzene rings is 2. The molecule has 3 atom stereocenters. The van der Waals surface area contributed by atoms with Gasteiger partial charge in [-0.3, -0.25) is 9.59 Å². The van der Waals surface area contributed by atoms with Gasteiger partial charge in [0.1, 0.15) is 17.7 Å². The number of amides is 3. The number of carbonyl (C=O) groups is 3. The van der Waals surface area contributed by atoms with Crippen LogP contribution in [0.3, 0.4) is 0 Å². The largest absolute Gasteiger partial charge is 0.444 e. The van der Waals surface area contributed by atoms with E-state index in [1.165, 1.54) is 7.05 Å². The van der Waals surface area contributed by atoms with Crippen LogP contribution in [0.2, 0.25) is 0 Å². The van der Waals surface area contributed by atoms with Gasteiger partial charge >= 0.3 is 6.09 Å². The molecule has 0 heterocycles. The summed E-state index contributed by atoms with van der Waals surface area (Å²) in [6.07, 6.45) is -1.66. The number of nitrogens with zero attached hydrogens (tertiary/aromatic N) is 2. The SMILES string of the molecule is CC(OC(C)(C)C)[C@@H](NS(=O)(=O)Cc1ccccc1)C(=O)N[C@@H](CN(C)C(=O)OC(C)(C)C)C(=O)NCc1ccc(C#N)cc1. The summed E-state index contributed by atoms with van der Waals surface area (Å²) in [6, 6.07) is 14.4. The number of carbonyl (C=O) groups excluding carboxylic acids is 3. The number of sulfonamides is 1. The van der Waals surface area contributed by atoms with Gasteiger partial charge in [-0.2, -0.15) is 9.98 Å². The first-order chi connectivity index (χ1) is 20.8. The zero-order chi connectivity index (χ0) is 34.0. The van der Waals surface area contributed by atoms with Crippen molar-refractivity contribution < 1.29 is 32.3 Å². The Balaban J connectivity index is 2.34. The van der Waals surface area contributed by atoms with Crippen molar-refractivity contribution in [3.63, 3.8) is 0 Å². The molecule has 2 aromatic carbocycles. The van der Waals surface area contributed by atoms with Crippen molar-refractivity contribution in [2.45, 2.75) is 90.2 Å². The average Bonchev–Trinajstić information content (AvgIpc) is 2.92. The molecule has 0 aliphatic carbocycles. The first-order valence-corrected chi connectivity index (χ1v) is 16.2.